The van der Waals surface area contributed by atoms with Crippen molar-refractivity contribution in [3.8, 4) is 0 Å². The molecule has 1 heterocycles. The maximum Gasteiger partial charge on any atom is 0.0771 e. The number of hydrogen-bond acceptors (Lipinski definition) is 3. The van der Waals surface area contributed by atoms with Crippen LogP contribution in [0.15, 0.2) is 24.4 Å². The van der Waals surface area contributed by atoms with Crippen LogP contribution in [0.3, 0.4) is 0 Å². The number of nitrogens with zero attached hydrogens (tertiary/aromatic N) is 1. The highest BCUT2D eigenvalue weighted by Crippen LogP contribution is 2.31. The van der Waals surface area contributed by atoms with E-state index in [0.717, 1.165) is 37.8 Å². The van der Waals surface area contributed by atoms with Crippen LogP contribution in [0.1, 0.15) is 50.8 Å². The normalized spacial score (nSPS) is 19.6. The molecule has 17 heavy (non-hydrogen) atoms. The van der Waals surface area contributed by atoms with Gasteiger partial charge in [0.1, 0.15) is 0 Å². The molecule has 1 fully saturated rings. The van der Waals surface area contributed by atoms with Gasteiger partial charge in [0.25, 0.3) is 0 Å². The third kappa shape index (κ3) is 3.27. The first kappa shape index (κ1) is 12.5. The summed E-state index contributed by atoms with van der Waals surface area (Å²) in [4.78, 5) is 4.40. The molecule has 0 bridgehead atoms. The number of nitrogens with one attached hydrogen (secondary N) is 1. The van der Waals surface area contributed by atoms with Crippen LogP contribution >= 0.6 is 0 Å². The largest absolute Gasteiger partial charge is 0.389 e. The lowest BCUT2D eigenvalue weighted by atomic mass is 9.80. The first-order chi connectivity index (χ1) is 8.23. The Hall–Kier alpha value is -0.930. The summed E-state index contributed by atoms with van der Waals surface area (Å²) < 4.78 is 0. The van der Waals surface area contributed by atoms with Gasteiger partial charge in [-0.3, -0.25) is 4.98 Å². The number of pyridine rings is 1. The molecule has 1 aromatic heterocycles. The SMILES string of the molecule is CCCC(NCC1(O)CCC1)c1ccccn1. The van der Waals surface area contributed by atoms with Gasteiger partial charge in [0.15, 0.2) is 0 Å². The van der Waals surface area contributed by atoms with Crippen molar-refractivity contribution in [1.82, 2.24) is 10.3 Å². The smallest absolute Gasteiger partial charge is 0.0771 e. The minimum absolute atomic E-state index is 0.269. The van der Waals surface area contributed by atoms with Crippen LogP contribution in [0, 0.1) is 0 Å². The van der Waals surface area contributed by atoms with E-state index in [1.54, 1.807) is 0 Å². The topological polar surface area (TPSA) is 45.1 Å². The Labute approximate surface area is 103 Å². The third-order valence-electron chi connectivity index (χ3n) is 3.58. The van der Waals surface area contributed by atoms with Crippen molar-refractivity contribution < 1.29 is 5.11 Å². The average Bonchev–Trinajstić information content (AvgIpc) is 2.33. The van der Waals surface area contributed by atoms with E-state index in [9.17, 15) is 5.11 Å². The Balaban J connectivity index is 1.93. The standard InChI is InChI=1S/C14H22N2O/c1-2-6-12(13-7-3-4-10-15-13)16-11-14(17)8-5-9-14/h3-4,7,10,12,16-17H,2,5-6,8-9,11H2,1H3. The molecule has 2 N–H and O–H groups in total. The lowest BCUT2D eigenvalue weighted by molar-refractivity contribution is -0.0335. The first-order valence-electron chi connectivity index (χ1n) is 6.60. The molecule has 1 saturated carbocycles. The zero-order chi connectivity index (χ0) is 12.1. The Morgan fingerprint density at radius 2 is 2.29 bits per heavy atom. The highest BCUT2D eigenvalue weighted by molar-refractivity contribution is 5.09. The molecule has 1 unspecified atom stereocenters. The minimum atomic E-state index is -0.458. The zero-order valence-electron chi connectivity index (χ0n) is 10.5. The van der Waals surface area contributed by atoms with Gasteiger partial charge in [-0.25, -0.2) is 0 Å². The van der Waals surface area contributed by atoms with Crippen molar-refractivity contribution in [2.75, 3.05) is 6.54 Å². The van der Waals surface area contributed by atoms with Crippen LogP contribution in [0.25, 0.3) is 0 Å². The van der Waals surface area contributed by atoms with Crippen molar-refractivity contribution in [3.05, 3.63) is 30.1 Å². The van der Waals surface area contributed by atoms with E-state index in [1.807, 2.05) is 18.3 Å². The third-order valence-corrected chi connectivity index (χ3v) is 3.58. The molecule has 0 spiro atoms. The number of aliphatic hydroxyl groups is 1. The van der Waals surface area contributed by atoms with Gasteiger partial charge in [0.2, 0.25) is 0 Å². The van der Waals surface area contributed by atoms with Crippen molar-refractivity contribution in [2.45, 2.75) is 50.7 Å². The van der Waals surface area contributed by atoms with Gasteiger partial charge in [0.05, 0.1) is 11.3 Å². The highest BCUT2D eigenvalue weighted by Gasteiger charge is 2.34. The Bertz CT molecular complexity index is 335. The molecule has 0 radical (unpaired) electrons. The summed E-state index contributed by atoms with van der Waals surface area (Å²) in [6.07, 6.45) is 7.03. The number of aromatic nitrogens is 1. The second kappa shape index (κ2) is 5.61. The maximum absolute atomic E-state index is 10.1. The van der Waals surface area contributed by atoms with Crippen molar-refractivity contribution >= 4 is 0 Å². The summed E-state index contributed by atoms with van der Waals surface area (Å²) in [5.41, 5.74) is 0.623. The Morgan fingerprint density at radius 3 is 2.82 bits per heavy atom. The van der Waals surface area contributed by atoms with E-state index >= 15 is 0 Å². The van der Waals surface area contributed by atoms with Crippen molar-refractivity contribution in [3.63, 3.8) is 0 Å². The van der Waals surface area contributed by atoms with E-state index in [0.29, 0.717) is 6.54 Å². The molecule has 1 aromatic rings. The second-order valence-electron chi connectivity index (χ2n) is 5.05. The van der Waals surface area contributed by atoms with Crippen LogP contribution in [-0.2, 0) is 0 Å². The molecule has 94 valence electrons. The summed E-state index contributed by atoms with van der Waals surface area (Å²) in [6.45, 7) is 2.87. The van der Waals surface area contributed by atoms with Crippen molar-refractivity contribution in [1.29, 1.82) is 0 Å². The molecular formula is C14H22N2O. The Kier molecular flexibility index (Phi) is 4.13. The molecule has 1 atom stereocenters. The van der Waals surface area contributed by atoms with Gasteiger partial charge in [-0.15, -0.1) is 0 Å². The zero-order valence-corrected chi connectivity index (χ0v) is 10.5. The van der Waals surface area contributed by atoms with Crippen LogP contribution < -0.4 is 5.32 Å². The molecule has 1 aliphatic rings. The maximum atomic E-state index is 10.1. The van der Waals surface area contributed by atoms with E-state index < -0.39 is 5.60 Å². The number of rotatable bonds is 6. The van der Waals surface area contributed by atoms with E-state index in [4.69, 9.17) is 0 Å². The molecule has 0 aliphatic heterocycles. The first-order valence-corrected chi connectivity index (χ1v) is 6.60. The fourth-order valence-corrected chi connectivity index (χ4v) is 2.30. The van der Waals surface area contributed by atoms with Gasteiger partial charge in [-0.05, 0) is 37.8 Å². The molecule has 1 aliphatic carbocycles. The summed E-state index contributed by atoms with van der Waals surface area (Å²) >= 11 is 0. The molecule has 0 aromatic carbocycles. The van der Waals surface area contributed by atoms with Crippen LogP contribution in [0.5, 0.6) is 0 Å². The summed E-state index contributed by atoms with van der Waals surface area (Å²) in [7, 11) is 0. The summed E-state index contributed by atoms with van der Waals surface area (Å²) in [5.74, 6) is 0. The highest BCUT2D eigenvalue weighted by atomic mass is 16.3. The predicted octanol–water partition coefficient (Wildman–Crippen LogP) is 2.43. The number of hydrogen-bond donors (Lipinski definition) is 2. The van der Waals surface area contributed by atoms with Crippen LogP contribution in [0.4, 0.5) is 0 Å². The average molecular weight is 234 g/mol. The van der Waals surface area contributed by atoms with Gasteiger partial charge >= 0.3 is 0 Å². The van der Waals surface area contributed by atoms with E-state index in [1.165, 1.54) is 0 Å². The molecular weight excluding hydrogens is 212 g/mol. The Morgan fingerprint density at radius 1 is 1.47 bits per heavy atom. The second-order valence-corrected chi connectivity index (χ2v) is 5.05. The van der Waals surface area contributed by atoms with Crippen molar-refractivity contribution in [2.24, 2.45) is 0 Å². The molecule has 0 saturated heterocycles. The van der Waals surface area contributed by atoms with E-state index in [-0.39, 0.29) is 6.04 Å². The monoisotopic (exact) mass is 234 g/mol. The molecule has 0 amide bonds. The van der Waals surface area contributed by atoms with Gasteiger partial charge < -0.3 is 10.4 Å². The fraction of sp³-hybridized carbons (Fsp3) is 0.643. The van der Waals surface area contributed by atoms with Crippen LogP contribution in [-0.4, -0.2) is 22.2 Å². The van der Waals surface area contributed by atoms with Gasteiger partial charge in [0, 0.05) is 18.8 Å². The molecule has 3 nitrogen and oxygen atoms in total. The fourth-order valence-electron chi connectivity index (χ4n) is 2.30. The predicted molar refractivity (Wildman–Crippen MR) is 68.7 cm³/mol. The van der Waals surface area contributed by atoms with Gasteiger partial charge in [-0.2, -0.15) is 0 Å². The van der Waals surface area contributed by atoms with E-state index in [2.05, 4.69) is 23.3 Å². The molecule has 3 heteroatoms. The summed E-state index contributed by atoms with van der Waals surface area (Å²) in [6, 6.07) is 6.28. The lowest BCUT2D eigenvalue weighted by Crippen LogP contribution is -2.47. The lowest BCUT2D eigenvalue weighted by Gasteiger charge is -2.38. The summed E-state index contributed by atoms with van der Waals surface area (Å²) in [5, 5.41) is 13.6. The van der Waals surface area contributed by atoms with Gasteiger partial charge in [-0.1, -0.05) is 19.4 Å². The minimum Gasteiger partial charge on any atom is -0.389 e. The quantitative estimate of drug-likeness (QED) is 0.794. The molecule has 2 rings (SSSR count). The van der Waals surface area contributed by atoms with Crippen LogP contribution in [0.2, 0.25) is 0 Å².